The summed E-state index contributed by atoms with van der Waals surface area (Å²) in [6, 6.07) is 16.8. The van der Waals surface area contributed by atoms with Crippen molar-refractivity contribution in [1.82, 2.24) is 0 Å². The average Bonchev–Trinajstić information content (AvgIpc) is 2.46. The molecule has 2 aromatic carbocycles. The van der Waals surface area contributed by atoms with Gasteiger partial charge in [-0.25, -0.2) is 0 Å². The Morgan fingerprint density at radius 3 is 2.33 bits per heavy atom. The lowest BCUT2D eigenvalue weighted by Crippen LogP contribution is -1.99. The molecule has 0 aliphatic rings. The molecule has 1 atom stereocenters. The van der Waals surface area contributed by atoms with Crippen LogP contribution in [0.1, 0.15) is 31.7 Å². The maximum absolute atomic E-state index is 5.53. The Morgan fingerprint density at radius 2 is 1.72 bits per heavy atom. The monoisotopic (exact) mass is 240 g/mol. The zero-order valence-corrected chi connectivity index (χ0v) is 11.3. The standard InChI is InChI=1S/C17H20O/c1-4-13(2)17-15(11-8-12-16(17)18-3)14-9-6-5-7-10-14/h5-13H,4H2,1-3H3. The summed E-state index contributed by atoms with van der Waals surface area (Å²) >= 11 is 0. The summed E-state index contributed by atoms with van der Waals surface area (Å²) in [5.74, 6) is 1.49. The molecule has 0 aliphatic heterocycles. The normalized spacial score (nSPS) is 12.2. The van der Waals surface area contributed by atoms with Gasteiger partial charge >= 0.3 is 0 Å². The van der Waals surface area contributed by atoms with Gasteiger partial charge in [-0.2, -0.15) is 0 Å². The van der Waals surface area contributed by atoms with E-state index in [1.807, 2.05) is 12.1 Å². The SMILES string of the molecule is CCC(C)c1c(OC)cccc1-c1ccccc1. The van der Waals surface area contributed by atoms with Crippen molar-refractivity contribution in [2.24, 2.45) is 0 Å². The molecule has 2 rings (SSSR count). The molecule has 2 aromatic rings. The topological polar surface area (TPSA) is 9.23 Å². The lowest BCUT2D eigenvalue weighted by Gasteiger charge is -2.18. The Hall–Kier alpha value is -1.76. The number of methoxy groups -OCH3 is 1. The third-order valence-electron chi connectivity index (χ3n) is 3.48. The molecule has 0 N–H and O–H groups in total. The van der Waals surface area contributed by atoms with Crippen LogP contribution >= 0.6 is 0 Å². The largest absolute Gasteiger partial charge is 0.496 e. The zero-order chi connectivity index (χ0) is 13.0. The van der Waals surface area contributed by atoms with Crippen LogP contribution in [0.5, 0.6) is 5.75 Å². The fourth-order valence-electron chi connectivity index (χ4n) is 2.30. The van der Waals surface area contributed by atoms with Gasteiger partial charge in [0, 0.05) is 5.56 Å². The van der Waals surface area contributed by atoms with Crippen molar-refractivity contribution in [2.75, 3.05) is 7.11 Å². The first kappa shape index (κ1) is 12.7. The zero-order valence-electron chi connectivity index (χ0n) is 11.3. The van der Waals surface area contributed by atoms with Crippen LogP contribution < -0.4 is 4.74 Å². The van der Waals surface area contributed by atoms with Crippen molar-refractivity contribution >= 4 is 0 Å². The van der Waals surface area contributed by atoms with Crippen LogP contribution in [0.4, 0.5) is 0 Å². The van der Waals surface area contributed by atoms with E-state index in [0.717, 1.165) is 12.2 Å². The molecule has 0 spiro atoms. The highest BCUT2D eigenvalue weighted by Crippen LogP contribution is 2.37. The molecule has 0 saturated carbocycles. The Labute approximate surface area is 109 Å². The average molecular weight is 240 g/mol. The molecule has 0 fully saturated rings. The van der Waals surface area contributed by atoms with E-state index in [2.05, 4.69) is 50.2 Å². The molecule has 1 heteroatoms. The van der Waals surface area contributed by atoms with Gasteiger partial charge in [-0.05, 0) is 29.5 Å². The van der Waals surface area contributed by atoms with Gasteiger partial charge < -0.3 is 4.74 Å². The van der Waals surface area contributed by atoms with E-state index in [1.165, 1.54) is 16.7 Å². The summed E-state index contributed by atoms with van der Waals surface area (Å²) in [5, 5.41) is 0. The van der Waals surface area contributed by atoms with Gasteiger partial charge in [-0.1, -0.05) is 56.3 Å². The van der Waals surface area contributed by atoms with Crippen molar-refractivity contribution in [3.8, 4) is 16.9 Å². The summed E-state index contributed by atoms with van der Waals surface area (Å²) in [6.07, 6.45) is 1.11. The second kappa shape index (κ2) is 5.72. The number of hydrogen-bond donors (Lipinski definition) is 0. The first-order valence-electron chi connectivity index (χ1n) is 6.50. The fraction of sp³-hybridized carbons (Fsp3) is 0.294. The summed E-state index contributed by atoms with van der Waals surface area (Å²) in [5.41, 5.74) is 3.85. The Bertz CT molecular complexity index is 502. The molecular formula is C17H20O. The number of ether oxygens (including phenoxy) is 1. The molecule has 1 unspecified atom stereocenters. The van der Waals surface area contributed by atoms with Crippen LogP contribution in [0, 0.1) is 0 Å². The van der Waals surface area contributed by atoms with E-state index in [-0.39, 0.29) is 0 Å². The van der Waals surface area contributed by atoms with Crippen LogP contribution in [0.2, 0.25) is 0 Å². The van der Waals surface area contributed by atoms with Crippen molar-refractivity contribution in [3.63, 3.8) is 0 Å². The van der Waals surface area contributed by atoms with Gasteiger partial charge in [-0.3, -0.25) is 0 Å². The minimum atomic E-state index is 0.497. The fourth-order valence-corrected chi connectivity index (χ4v) is 2.30. The molecule has 0 radical (unpaired) electrons. The molecule has 0 bridgehead atoms. The van der Waals surface area contributed by atoms with E-state index in [1.54, 1.807) is 7.11 Å². The lowest BCUT2D eigenvalue weighted by molar-refractivity contribution is 0.406. The molecule has 18 heavy (non-hydrogen) atoms. The highest BCUT2D eigenvalue weighted by Gasteiger charge is 2.15. The minimum absolute atomic E-state index is 0.497. The van der Waals surface area contributed by atoms with Crippen molar-refractivity contribution < 1.29 is 4.74 Å². The highest BCUT2D eigenvalue weighted by molar-refractivity contribution is 5.70. The second-order valence-electron chi connectivity index (χ2n) is 4.60. The predicted octanol–water partition coefficient (Wildman–Crippen LogP) is 4.88. The molecule has 0 heterocycles. The summed E-state index contributed by atoms with van der Waals surface area (Å²) in [4.78, 5) is 0. The van der Waals surface area contributed by atoms with Gasteiger partial charge in [0.05, 0.1) is 7.11 Å². The van der Waals surface area contributed by atoms with E-state index < -0.39 is 0 Å². The first-order valence-corrected chi connectivity index (χ1v) is 6.50. The second-order valence-corrected chi connectivity index (χ2v) is 4.60. The van der Waals surface area contributed by atoms with Crippen LogP contribution in [0.15, 0.2) is 48.5 Å². The van der Waals surface area contributed by atoms with Crippen LogP contribution in [-0.2, 0) is 0 Å². The summed E-state index contributed by atoms with van der Waals surface area (Å²) in [7, 11) is 1.75. The molecule has 94 valence electrons. The molecule has 0 aliphatic carbocycles. The van der Waals surface area contributed by atoms with Gasteiger partial charge in [0.1, 0.15) is 5.75 Å². The number of rotatable bonds is 4. The Kier molecular flexibility index (Phi) is 4.03. The maximum atomic E-state index is 5.53. The van der Waals surface area contributed by atoms with Crippen molar-refractivity contribution in [3.05, 3.63) is 54.1 Å². The van der Waals surface area contributed by atoms with E-state index in [0.29, 0.717) is 5.92 Å². The number of hydrogen-bond acceptors (Lipinski definition) is 1. The van der Waals surface area contributed by atoms with Crippen LogP contribution in [0.3, 0.4) is 0 Å². The molecule has 0 saturated heterocycles. The van der Waals surface area contributed by atoms with E-state index >= 15 is 0 Å². The molecular weight excluding hydrogens is 220 g/mol. The van der Waals surface area contributed by atoms with Gasteiger partial charge in [0.2, 0.25) is 0 Å². The van der Waals surface area contributed by atoms with Gasteiger partial charge in [0.15, 0.2) is 0 Å². The number of benzene rings is 2. The summed E-state index contributed by atoms with van der Waals surface area (Å²) in [6.45, 7) is 4.47. The highest BCUT2D eigenvalue weighted by atomic mass is 16.5. The van der Waals surface area contributed by atoms with Gasteiger partial charge in [0.25, 0.3) is 0 Å². The third-order valence-corrected chi connectivity index (χ3v) is 3.48. The smallest absolute Gasteiger partial charge is 0.122 e. The van der Waals surface area contributed by atoms with Crippen molar-refractivity contribution in [2.45, 2.75) is 26.2 Å². The van der Waals surface area contributed by atoms with Crippen LogP contribution in [-0.4, -0.2) is 7.11 Å². The van der Waals surface area contributed by atoms with Crippen LogP contribution in [0.25, 0.3) is 11.1 Å². The quantitative estimate of drug-likeness (QED) is 0.740. The van der Waals surface area contributed by atoms with E-state index in [4.69, 9.17) is 4.74 Å². The molecule has 0 aromatic heterocycles. The molecule has 0 amide bonds. The summed E-state index contributed by atoms with van der Waals surface area (Å²) < 4.78 is 5.53. The van der Waals surface area contributed by atoms with Crippen molar-refractivity contribution in [1.29, 1.82) is 0 Å². The minimum Gasteiger partial charge on any atom is -0.496 e. The molecule has 1 nitrogen and oxygen atoms in total. The third kappa shape index (κ3) is 2.40. The first-order chi connectivity index (χ1) is 8.77. The predicted molar refractivity (Wildman–Crippen MR) is 77.1 cm³/mol. The Morgan fingerprint density at radius 1 is 1.00 bits per heavy atom. The van der Waals surface area contributed by atoms with E-state index in [9.17, 15) is 0 Å². The lowest BCUT2D eigenvalue weighted by atomic mass is 9.89. The Balaban J connectivity index is 2.60. The maximum Gasteiger partial charge on any atom is 0.122 e. The van der Waals surface area contributed by atoms with Gasteiger partial charge in [-0.15, -0.1) is 0 Å².